The molecule has 1 saturated carbocycles. The van der Waals surface area contributed by atoms with E-state index >= 15 is 0 Å². The normalized spacial score (nSPS) is 17.9. The largest absolute Gasteiger partial charge is 0.466 e. The highest BCUT2D eigenvalue weighted by molar-refractivity contribution is 6.35. The van der Waals surface area contributed by atoms with Crippen LogP contribution in [0.25, 0.3) is 0 Å². The molecule has 1 aromatic heterocycles. The number of hydrogen-bond acceptors (Lipinski definition) is 4. The van der Waals surface area contributed by atoms with Crippen LogP contribution in [-0.2, 0) is 15.2 Å². The van der Waals surface area contributed by atoms with Crippen molar-refractivity contribution in [2.24, 2.45) is 5.92 Å². The van der Waals surface area contributed by atoms with Crippen LogP contribution < -0.4 is 10.6 Å². The molecule has 0 aromatic carbocycles. The third kappa shape index (κ3) is 3.85. The molecule has 1 atom stereocenters. The van der Waals surface area contributed by atoms with E-state index in [1.807, 2.05) is 0 Å². The van der Waals surface area contributed by atoms with Crippen LogP contribution in [0.5, 0.6) is 0 Å². The van der Waals surface area contributed by atoms with E-state index in [0.29, 0.717) is 5.76 Å². The molecule has 3 N–H and O–H groups in total. The Morgan fingerprint density at radius 1 is 1.33 bits per heavy atom. The Balaban J connectivity index is 1.97. The van der Waals surface area contributed by atoms with Crippen molar-refractivity contribution in [1.82, 2.24) is 10.6 Å². The number of carbonyl (C=O) groups excluding carboxylic acids is 2. The zero-order valence-electron chi connectivity index (χ0n) is 12.6. The minimum absolute atomic E-state index is 0.0401. The van der Waals surface area contributed by atoms with E-state index in [2.05, 4.69) is 10.6 Å². The van der Waals surface area contributed by atoms with Gasteiger partial charge in [0, 0.05) is 5.54 Å². The van der Waals surface area contributed by atoms with Crippen molar-refractivity contribution in [3.63, 3.8) is 0 Å². The SMILES string of the molecule is CC(C)(C)NC(=O)C(=O)NCC(O)(c1ccco1)C1CC1. The molecule has 0 bridgehead atoms. The van der Waals surface area contributed by atoms with Crippen LogP contribution in [0.3, 0.4) is 0 Å². The molecule has 21 heavy (non-hydrogen) atoms. The standard InChI is InChI=1S/C15H22N2O4/c1-14(2,3)17-13(19)12(18)16-9-15(20,10-6-7-10)11-5-4-8-21-11/h4-5,8,10,20H,6-7,9H2,1-3H3,(H,16,18)(H,17,19). The van der Waals surface area contributed by atoms with E-state index in [1.165, 1.54) is 6.26 Å². The molecule has 2 rings (SSSR count). The molecule has 6 nitrogen and oxygen atoms in total. The number of hydrogen-bond donors (Lipinski definition) is 3. The maximum Gasteiger partial charge on any atom is 0.309 e. The zero-order chi connectivity index (χ0) is 15.7. The Morgan fingerprint density at radius 2 is 2.00 bits per heavy atom. The second-order valence-electron chi connectivity index (χ2n) is 6.56. The fourth-order valence-electron chi connectivity index (χ4n) is 2.21. The van der Waals surface area contributed by atoms with Gasteiger partial charge in [0.1, 0.15) is 11.4 Å². The van der Waals surface area contributed by atoms with E-state index in [1.54, 1.807) is 32.9 Å². The lowest BCUT2D eigenvalue weighted by Crippen LogP contribution is -2.51. The summed E-state index contributed by atoms with van der Waals surface area (Å²) in [6.07, 6.45) is 3.24. The van der Waals surface area contributed by atoms with Gasteiger partial charge in [0.05, 0.1) is 12.8 Å². The molecular weight excluding hydrogens is 272 g/mol. The Kier molecular flexibility index (Phi) is 4.09. The summed E-state index contributed by atoms with van der Waals surface area (Å²) in [5.41, 5.74) is -1.73. The summed E-state index contributed by atoms with van der Waals surface area (Å²) in [5, 5.41) is 15.8. The summed E-state index contributed by atoms with van der Waals surface area (Å²) < 4.78 is 5.27. The van der Waals surface area contributed by atoms with Crippen LogP contribution in [0, 0.1) is 5.92 Å². The molecule has 1 aromatic rings. The van der Waals surface area contributed by atoms with Gasteiger partial charge in [0.25, 0.3) is 0 Å². The molecule has 2 amide bonds. The van der Waals surface area contributed by atoms with E-state index in [-0.39, 0.29) is 12.5 Å². The van der Waals surface area contributed by atoms with Crippen LogP contribution in [-0.4, -0.2) is 29.0 Å². The first-order chi connectivity index (χ1) is 9.72. The summed E-state index contributed by atoms with van der Waals surface area (Å²) in [6.45, 7) is 5.34. The van der Waals surface area contributed by atoms with E-state index in [0.717, 1.165) is 12.8 Å². The molecule has 0 saturated heterocycles. The Bertz CT molecular complexity index is 514. The van der Waals surface area contributed by atoms with Gasteiger partial charge in [-0.25, -0.2) is 0 Å². The van der Waals surface area contributed by atoms with Gasteiger partial charge in [0.15, 0.2) is 0 Å². The lowest BCUT2D eigenvalue weighted by molar-refractivity contribution is -0.141. The van der Waals surface area contributed by atoms with Crippen molar-refractivity contribution < 1.29 is 19.1 Å². The third-order valence-electron chi connectivity index (χ3n) is 3.41. The summed E-state index contributed by atoms with van der Waals surface area (Å²) in [7, 11) is 0. The predicted molar refractivity (Wildman–Crippen MR) is 76.2 cm³/mol. The number of rotatable bonds is 4. The average Bonchev–Trinajstić information content (AvgIpc) is 3.09. The van der Waals surface area contributed by atoms with Crippen LogP contribution >= 0.6 is 0 Å². The van der Waals surface area contributed by atoms with E-state index in [4.69, 9.17) is 4.42 Å². The zero-order valence-corrected chi connectivity index (χ0v) is 12.6. The molecule has 0 radical (unpaired) electrons. The second kappa shape index (κ2) is 5.52. The van der Waals surface area contributed by atoms with Crippen molar-refractivity contribution in [1.29, 1.82) is 0 Å². The third-order valence-corrected chi connectivity index (χ3v) is 3.41. The number of amides is 2. The fraction of sp³-hybridized carbons (Fsp3) is 0.600. The highest BCUT2D eigenvalue weighted by Gasteiger charge is 2.47. The van der Waals surface area contributed by atoms with Crippen molar-refractivity contribution in [3.05, 3.63) is 24.2 Å². The first-order valence-corrected chi connectivity index (χ1v) is 7.09. The van der Waals surface area contributed by atoms with Crippen LogP contribution in [0.1, 0.15) is 39.4 Å². The lowest BCUT2D eigenvalue weighted by atomic mass is 9.94. The van der Waals surface area contributed by atoms with Gasteiger partial charge in [-0.2, -0.15) is 0 Å². The molecular formula is C15H22N2O4. The maximum atomic E-state index is 11.8. The highest BCUT2D eigenvalue weighted by Crippen LogP contribution is 2.45. The van der Waals surface area contributed by atoms with Gasteiger partial charge in [-0.05, 0) is 51.7 Å². The minimum atomic E-state index is -1.25. The quantitative estimate of drug-likeness (QED) is 0.720. The van der Waals surface area contributed by atoms with E-state index < -0.39 is 23.0 Å². The first kappa shape index (κ1) is 15.6. The smallest absolute Gasteiger partial charge is 0.309 e. The van der Waals surface area contributed by atoms with Crippen molar-refractivity contribution in [2.75, 3.05) is 6.54 Å². The summed E-state index contributed by atoms with van der Waals surface area (Å²) >= 11 is 0. The summed E-state index contributed by atoms with van der Waals surface area (Å²) in [4.78, 5) is 23.5. The van der Waals surface area contributed by atoms with Gasteiger partial charge in [-0.3, -0.25) is 9.59 Å². The van der Waals surface area contributed by atoms with Gasteiger partial charge < -0.3 is 20.2 Å². The average molecular weight is 294 g/mol. The summed E-state index contributed by atoms with van der Waals surface area (Å²) in [5.74, 6) is -0.994. The summed E-state index contributed by atoms with van der Waals surface area (Å²) in [6, 6.07) is 3.37. The molecule has 0 spiro atoms. The van der Waals surface area contributed by atoms with Gasteiger partial charge in [-0.1, -0.05) is 0 Å². The van der Waals surface area contributed by atoms with Crippen molar-refractivity contribution in [3.8, 4) is 0 Å². The predicted octanol–water partition coefficient (Wildman–Crippen LogP) is 0.908. The Labute approximate surface area is 123 Å². The van der Waals surface area contributed by atoms with Crippen molar-refractivity contribution >= 4 is 11.8 Å². The highest BCUT2D eigenvalue weighted by atomic mass is 16.4. The monoisotopic (exact) mass is 294 g/mol. The van der Waals surface area contributed by atoms with Gasteiger partial charge >= 0.3 is 11.8 Å². The molecule has 1 aliphatic carbocycles. The minimum Gasteiger partial charge on any atom is -0.466 e. The van der Waals surface area contributed by atoms with Gasteiger partial charge in [-0.15, -0.1) is 0 Å². The molecule has 1 heterocycles. The van der Waals surface area contributed by atoms with E-state index in [9.17, 15) is 14.7 Å². The lowest BCUT2D eigenvalue weighted by Gasteiger charge is -2.26. The Morgan fingerprint density at radius 3 is 2.48 bits per heavy atom. The number of carbonyl (C=O) groups is 2. The maximum absolute atomic E-state index is 11.8. The molecule has 0 aliphatic heterocycles. The molecule has 1 fully saturated rings. The van der Waals surface area contributed by atoms with Crippen LogP contribution in [0.4, 0.5) is 0 Å². The fourth-order valence-corrected chi connectivity index (χ4v) is 2.21. The molecule has 1 unspecified atom stereocenters. The number of furan rings is 1. The van der Waals surface area contributed by atoms with Crippen molar-refractivity contribution in [2.45, 2.75) is 44.8 Å². The Hall–Kier alpha value is -1.82. The van der Waals surface area contributed by atoms with Crippen LogP contribution in [0.2, 0.25) is 0 Å². The van der Waals surface area contributed by atoms with Crippen LogP contribution in [0.15, 0.2) is 22.8 Å². The first-order valence-electron chi connectivity index (χ1n) is 7.09. The second-order valence-corrected chi connectivity index (χ2v) is 6.56. The number of nitrogens with one attached hydrogen (secondary N) is 2. The van der Waals surface area contributed by atoms with Gasteiger partial charge in [0.2, 0.25) is 0 Å². The molecule has 1 aliphatic rings. The molecule has 6 heteroatoms. The molecule has 116 valence electrons. The topological polar surface area (TPSA) is 91.6 Å². The number of aliphatic hydroxyl groups is 1.